The van der Waals surface area contributed by atoms with E-state index in [1.54, 1.807) is 12.1 Å². The van der Waals surface area contributed by atoms with Crippen LogP contribution in [0.4, 0.5) is 0 Å². The van der Waals surface area contributed by atoms with Gasteiger partial charge in [-0.25, -0.2) is 0 Å². The molecule has 1 fully saturated rings. The molecule has 0 bridgehead atoms. The number of ether oxygens (including phenoxy) is 2. The van der Waals surface area contributed by atoms with Gasteiger partial charge in [-0.05, 0) is 18.9 Å². The van der Waals surface area contributed by atoms with Gasteiger partial charge in [0, 0.05) is 37.2 Å². The van der Waals surface area contributed by atoms with Crippen molar-refractivity contribution < 1.29 is 19.4 Å². The second kappa shape index (κ2) is 5.58. The maximum atomic E-state index is 11.5. The van der Waals surface area contributed by atoms with Crippen LogP contribution in [-0.4, -0.2) is 30.4 Å². The lowest BCUT2D eigenvalue weighted by Crippen LogP contribution is -2.29. The average Bonchev–Trinajstić information content (AvgIpc) is 3.11. The van der Waals surface area contributed by atoms with E-state index in [0.29, 0.717) is 37.1 Å². The summed E-state index contributed by atoms with van der Waals surface area (Å²) in [6.45, 7) is 1.25. The van der Waals surface area contributed by atoms with E-state index in [0.717, 1.165) is 18.4 Å². The monoisotopic (exact) mass is 278 g/mol. The summed E-state index contributed by atoms with van der Waals surface area (Å²) in [5.74, 6) is 1.46. The Morgan fingerprint density at radius 2 is 2.05 bits per heavy atom. The third kappa shape index (κ3) is 3.14. The Bertz CT molecular complexity index is 514. The number of carbonyl (C=O) groups excluding carboxylic acids is 1. The molecule has 0 saturated heterocycles. The fourth-order valence-corrected chi connectivity index (χ4v) is 2.07. The Hall–Kier alpha value is -1.95. The number of phenolic OH excluding ortho intramolecular Hbond substituents is 1. The Labute approximate surface area is 117 Å². The predicted molar refractivity (Wildman–Crippen MR) is 71.7 cm³/mol. The van der Waals surface area contributed by atoms with E-state index in [4.69, 9.17) is 9.47 Å². The van der Waals surface area contributed by atoms with Crippen molar-refractivity contribution >= 4 is 5.91 Å². The molecule has 1 aromatic rings. The van der Waals surface area contributed by atoms with Gasteiger partial charge in [-0.2, -0.15) is 0 Å². The molecule has 2 aliphatic rings. The van der Waals surface area contributed by atoms with Crippen LogP contribution in [0.25, 0.3) is 0 Å². The molecule has 6 heteroatoms. The molecule has 0 aromatic heterocycles. The Morgan fingerprint density at radius 1 is 1.30 bits per heavy atom. The summed E-state index contributed by atoms with van der Waals surface area (Å²) in [5.41, 5.74) is 0.733. The van der Waals surface area contributed by atoms with Crippen LogP contribution in [0.1, 0.15) is 24.8 Å². The molecule has 6 nitrogen and oxygen atoms in total. The molecule has 3 N–H and O–H groups in total. The van der Waals surface area contributed by atoms with Gasteiger partial charge in [0.2, 0.25) is 12.7 Å². The minimum atomic E-state index is 0.0786. The number of hydrogen-bond acceptors (Lipinski definition) is 5. The first-order valence-corrected chi connectivity index (χ1v) is 6.84. The highest BCUT2D eigenvalue weighted by Gasteiger charge is 2.22. The Morgan fingerprint density at radius 3 is 2.80 bits per heavy atom. The molecule has 0 unspecified atom stereocenters. The maximum absolute atomic E-state index is 11.5. The van der Waals surface area contributed by atoms with Gasteiger partial charge >= 0.3 is 0 Å². The lowest BCUT2D eigenvalue weighted by Gasteiger charge is -2.08. The highest BCUT2D eigenvalue weighted by Crippen LogP contribution is 2.37. The third-order valence-electron chi connectivity index (χ3n) is 3.36. The van der Waals surface area contributed by atoms with Crippen LogP contribution in [0, 0.1) is 0 Å². The number of fused-ring (bicyclic) bond motifs is 1. The lowest BCUT2D eigenvalue weighted by atomic mass is 10.1. The highest BCUT2D eigenvalue weighted by molar-refractivity contribution is 5.76. The van der Waals surface area contributed by atoms with Crippen molar-refractivity contribution in [3.05, 3.63) is 17.7 Å². The van der Waals surface area contributed by atoms with E-state index in [1.807, 2.05) is 0 Å². The van der Waals surface area contributed by atoms with Gasteiger partial charge in [-0.1, -0.05) is 0 Å². The number of hydrogen-bond donors (Lipinski definition) is 3. The quantitative estimate of drug-likeness (QED) is 0.673. The molecule has 1 heterocycles. The Kier molecular flexibility index (Phi) is 3.64. The number of benzene rings is 1. The third-order valence-corrected chi connectivity index (χ3v) is 3.36. The fraction of sp³-hybridized carbons (Fsp3) is 0.500. The van der Waals surface area contributed by atoms with Gasteiger partial charge in [0.25, 0.3) is 0 Å². The van der Waals surface area contributed by atoms with Crippen molar-refractivity contribution in [1.82, 2.24) is 10.6 Å². The molecule has 1 aliphatic heterocycles. The van der Waals surface area contributed by atoms with Gasteiger partial charge in [0.15, 0.2) is 11.5 Å². The maximum Gasteiger partial charge on any atom is 0.231 e. The van der Waals surface area contributed by atoms with Crippen molar-refractivity contribution in [2.45, 2.75) is 31.8 Å². The molecule has 0 atom stereocenters. The van der Waals surface area contributed by atoms with Crippen molar-refractivity contribution in [2.24, 2.45) is 0 Å². The number of aromatic hydroxyl groups is 1. The summed E-state index contributed by atoms with van der Waals surface area (Å²) in [7, 11) is 0. The second-order valence-electron chi connectivity index (χ2n) is 5.10. The van der Waals surface area contributed by atoms with Crippen molar-refractivity contribution in [2.75, 3.05) is 13.3 Å². The van der Waals surface area contributed by atoms with Crippen LogP contribution in [0.2, 0.25) is 0 Å². The van der Waals surface area contributed by atoms with Crippen LogP contribution < -0.4 is 20.1 Å². The van der Waals surface area contributed by atoms with E-state index >= 15 is 0 Å². The normalized spacial score (nSPS) is 16.2. The van der Waals surface area contributed by atoms with Crippen LogP contribution in [0.5, 0.6) is 17.2 Å². The molecule has 0 spiro atoms. The predicted octanol–water partition coefficient (Wildman–Crippen LogP) is 0.879. The van der Waals surface area contributed by atoms with Crippen LogP contribution >= 0.6 is 0 Å². The molecule has 1 amide bonds. The van der Waals surface area contributed by atoms with E-state index in [-0.39, 0.29) is 18.4 Å². The fourth-order valence-electron chi connectivity index (χ4n) is 2.07. The van der Waals surface area contributed by atoms with Crippen molar-refractivity contribution in [1.29, 1.82) is 0 Å². The lowest BCUT2D eigenvalue weighted by molar-refractivity contribution is -0.121. The topological polar surface area (TPSA) is 79.8 Å². The number of carbonyl (C=O) groups is 1. The molecular weight excluding hydrogens is 260 g/mol. The molecule has 1 saturated carbocycles. The molecule has 1 aromatic carbocycles. The van der Waals surface area contributed by atoms with Crippen LogP contribution in [0.15, 0.2) is 12.1 Å². The summed E-state index contributed by atoms with van der Waals surface area (Å²) in [5, 5.41) is 15.9. The molecule has 0 radical (unpaired) electrons. The van der Waals surface area contributed by atoms with E-state index in [2.05, 4.69) is 10.6 Å². The molecule has 3 rings (SSSR count). The summed E-state index contributed by atoms with van der Waals surface area (Å²) in [6, 6.07) is 3.72. The van der Waals surface area contributed by atoms with E-state index in [9.17, 15) is 9.90 Å². The number of nitrogens with one attached hydrogen (secondary N) is 2. The summed E-state index contributed by atoms with van der Waals surface area (Å²) in [6.07, 6.45) is 2.65. The summed E-state index contributed by atoms with van der Waals surface area (Å²) >= 11 is 0. The number of amides is 1. The average molecular weight is 278 g/mol. The molecule has 1 aliphatic carbocycles. The molecule has 20 heavy (non-hydrogen) atoms. The van der Waals surface area contributed by atoms with Gasteiger partial charge in [0.05, 0.1) is 0 Å². The van der Waals surface area contributed by atoms with Gasteiger partial charge < -0.3 is 25.2 Å². The summed E-state index contributed by atoms with van der Waals surface area (Å²) in [4.78, 5) is 11.5. The van der Waals surface area contributed by atoms with E-state index < -0.39 is 0 Å². The van der Waals surface area contributed by atoms with Crippen molar-refractivity contribution in [3.8, 4) is 17.2 Å². The summed E-state index contributed by atoms with van der Waals surface area (Å²) < 4.78 is 10.4. The Balaban J connectivity index is 1.45. The first kappa shape index (κ1) is 13.1. The molecule has 108 valence electrons. The van der Waals surface area contributed by atoms with Crippen LogP contribution in [-0.2, 0) is 11.3 Å². The van der Waals surface area contributed by atoms with Crippen molar-refractivity contribution in [3.63, 3.8) is 0 Å². The molecular formula is C14H18N2O4. The van der Waals surface area contributed by atoms with Crippen LogP contribution in [0.3, 0.4) is 0 Å². The minimum Gasteiger partial charge on any atom is -0.507 e. The zero-order valence-electron chi connectivity index (χ0n) is 11.1. The second-order valence-corrected chi connectivity index (χ2v) is 5.10. The van der Waals surface area contributed by atoms with Gasteiger partial charge in [-0.3, -0.25) is 4.79 Å². The van der Waals surface area contributed by atoms with E-state index in [1.165, 1.54) is 0 Å². The number of rotatable bonds is 6. The standard InChI is InChI=1S/C14H18N2O4/c17-11-6-13-12(19-8-20-13)5-9(11)7-15-4-3-14(18)16-10-1-2-10/h5-6,10,15,17H,1-4,7-8H2,(H,16,18). The smallest absolute Gasteiger partial charge is 0.231 e. The first-order chi connectivity index (χ1) is 9.72. The van der Waals surface area contributed by atoms with Gasteiger partial charge in [0.1, 0.15) is 5.75 Å². The zero-order chi connectivity index (χ0) is 13.9. The minimum absolute atomic E-state index is 0.0786. The first-order valence-electron chi connectivity index (χ1n) is 6.84. The zero-order valence-corrected chi connectivity index (χ0v) is 11.1. The highest BCUT2D eigenvalue weighted by atomic mass is 16.7. The number of phenols is 1. The SMILES string of the molecule is O=C(CCNCc1cc2c(cc1O)OCO2)NC1CC1. The largest absolute Gasteiger partial charge is 0.507 e. The van der Waals surface area contributed by atoms with Gasteiger partial charge in [-0.15, -0.1) is 0 Å².